The van der Waals surface area contributed by atoms with E-state index in [4.69, 9.17) is 4.99 Å². The van der Waals surface area contributed by atoms with Crippen molar-refractivity contribution in [2.75, 3.05) is 26.9 Å². The number of amides is 1. The SMILES string of the molecule is CSC1CCCC(NC(=NCc2ccc(Br)cc2)NCC(=O)N(C)C)C1. The number of aliphatic imine (C=N–C) groups is 1. The molecular weight excluding hydrogens is 412 g/mol. The third-order valence-corrected chi connectivity index (χ3v) is 6.16. The van der Waals surface area contributed by atoms with Gasteiger partial charge in [0.2, 0.25) is 5.91 Å². The van der Waals surface area contributed by atoms with Gasteiger partial charge < -0.3 is 15.5 Å². The van der Waals surface area contributed by atoms with E-state index in [2.05, 4.69) is 45.0 Å². The standard InChI is InChI=1S/C19H29BrN4OS/c1-24(2)18(25)13-22-19(21-12-14-7-9-15(20)10-8-14)23-16-5-4-6-17(11-16)26-3/h7-10,16-17H,4-6,11-13H2,1-3H3,(H2,21,22,23). The van der Waals surface area contributed by atoms with Crippen molar-refractivity contribution in [1.29, 1.82) is 0 Å². The fraction of sp³-hybridized carbons (Fsp3) is 0.579. The minimum atomic E-state index is 0.0359. The van der Waals surface area contributed by atoms with Crippen LogP contribution in [0.3, 0.4) is 0 Å². The van der Waals surface area contributed by atoms with Crippen LogP contribution in [0, 0.1) is 0 Å². The number of nitrogens with zero attached hydrogens (tertiary/aromatic N) is 2. The Kier molecular flexibility index (Phi) is 8.78. The van der Waals surface area contributed by atoms with Gasteiger partial charge in [0.05, 0.1) is 13.1 Å². The highest BCUT2D eigenvalue weighted by Gasteiger charge is 2.22. The molecule has 1 aromatic rings. The van der Waals surface area contributed by atoms with Crippen molar-refractivity contribution in [3.63, 3.8) is 0 Å². The van der Waals surface area contributed by atoms with Crippen molar-refractivity contribution in [1.82, 2.24) is 15.5 Å². The molecule has 26 heavy (non-hydrogen) atoms. The van der Waals surface area contributed by atoms with E-state index < -0.39 is 0 Å². The molecular formula is C19H29BrN4OS. The molecule has 2 rings (SSSR count). The predicted octanol–water partition coefficient (Wildman–Crippen LogP) is 3.25. The molecule has 2 N–H and O–H groups in total. The first-order valence-corrected chi connectivity index (χ1v) is 11.1. The Morgan fingerprint density at radius 2 is 2.04 bits per heavy atom. The smallest absolute Gasteiger partial charge is 0.241 e. The number of hydrogen-bond donors (Lipinski definition) is 2. The van der Waals surface area contributed by atoms with Crippen LogP contribution in [0.2, 0.25) is 0 Å². The largest absolute Gasteiger partial charge is 0.354 e. The second kappa shape index (κ2) is 10.8. The lowest BCUT2D eigenvalue weighted by Gasteiger charge is -2.30. The van der Waals surface area contributed by atoms with Gasteiger partial charge in [0.1, 0.15) is 0 Å². The number of carbonyl (C=O) groups excluding carboxylic acids is 1. The predicted molar refractivity (Wildman–Crippen MR) is 115 cm³/mol. The highest BCUT2D eigenvalue weighted by Crippen LogP contribution is 2.26. The minimum absolute atomic E-state index is 0.0359. The zero-order chi connectivity index (χ0) is 18.9. The molecule has 144 valence electrons. The fourth-order valence-corrected chi connectivity index (χ4v) is 4.01. The lowest BCUT2D eigenvalue weighted by Crippen LogP contribution is -2.48. The van der Waals surface area contributed by atoms with Gasteiger partial charge in [-0.3, -0.25) is 4.79 Å². The highest BCUT2D eigenvalue weighted by molar-refractivity contribution is 9.10. The Bertz CT molecular complexity index is 606. The van der Waals surface area contributed by atoms with Crippen molar-refractivity contribution >= 4 is 39.6 Å². The summed E-state index contributed by atoms with van der Waals surface area (Å²) >= 11 is 5.40. The van der Waals surface area contributed by atoms with E-state index in [1.165, 1.54) is 12.8 Å². The van der Waals surface area contributed by atoms with E-state index >= 15 is 0 Å². The van der Waals surface area contributed by atoms with Crippen LogP contribution in [-0.2, 0) is 11.3 Å². The molecule has 1 fully saturated rings. The van der Waals surface area contributed by atoms with Gasteiger partial charge in [-0.2, -0.15) is 11.8 Å². The molecule has 1 aromatic carbocycles. The van der Waals surface area contributed by atoms with Crippen molar-refractivity contribution in [3.05, 3.63) is 34.3 Å². The minimum Gasteiger partial charge on any atom is -0.354 e. The molecule has 7 heteroatoms. The number of guanidine groups is 1. The lowest BCUT2D eigenvalue weighted by molar-refractivity contribution is -0.127. The first kappa shape index (κ1) is 21.1. The fourth-order valence-electron chi connectivity index (χ4n) is 2.91. The van der Waals surface area contributed by atoms with E-state index in [1.54, 1.807) is 19.0 Å². The first-order valence-electron chi connectivity index (χ1n) is 9.00. The molecule has 2 atom stereocenters. The number of nitrogens with one attached hydrogen (secondary N) is 2. The number of halogens is 1. The summed E-state index contributed by atoms with van der Waals surface area (Å²) in [6.07, 6.45) is 7.00. The van der Waals surface area contributed by atoms with Gasteiger partial charge >= 0.3 is 0 Å². The van der Waals surface area contributed by atoms with Crippen molar-refractivity contribution in [2.45, 2.75) is 43.5 Å². The molecule has 0 saturated heterocycles. The third-order valence-electron chi connectivity index (χ3n) is 4.54. The van der Waals surface area contributed by atoms with Gasteiger partial charge in [0.25, 0.3) is 0 Å². The number of thioether (sulfide) groups is 1. The maximum Gasteiger partial charge on any atom is 0.241 e. The summed E-state index contributed by atoms with van der Waals surface area (Å²) < 4.78 is 1.06. The monoisotopic (exact) mass is 440 g/mol. The van der Waals surface area contributed by atoms with E-state index in [9.17, 15) is 4.79 Å². The maximum atomic E-state index is 11.9. The highest BCUT2D eigenvalue weighted by atomic mass is 79.9. The van der Waals surface area contributed by atoms with Crippen LogP contribution in [0.25, 0.3) is 0 Å². The van der Waals surface area contributed by atoms with Crippen LogP contribution in [-0.4, -0.2) is 55.0 Å². The third kappa shape index (κ3) is 7.19. The zero-order valence-corrected chi connectivity index (χ0v) is 18.2. The molecule has 0 aliphatic heterocycles. The van der Waals surface area contributed by atoms with E-state index in [1.807, 2.05) is 23.9 Å². The molecule has 0 aromatic heterocycles. The molecule has 1 aliphatic rings. The molecule has 5 nitrogen and oxygen atoms in total. The zero-order valence-electron chi connectivity index (χ0n) is 15.8. The Hall–Kier alpha value is -1.21. The van der Waals surface area contributed by atoms with Gasteiger partial charge in [-0.25, -0.2) is 4.99 Å². The van der Waals surface area contributed by atoms with Crippen LogP contribution in [0.15, 0.2) is 33.7 Å². The molecule has 1 amide bonds. The Morgan fingerprint density at radius 3 is 2.69 bits per heavy atom. The molecule has 1 aliphatic carbocycles. The number of hydrogen-bond acceptors (Lipinski definition) is 3. The maximum absolute atomic E-state index is 11.9. The number of rotatable bonds is 6. The Balaban J connectivity index is 2.01. The van der Waals surface area contributed by atoms with Crippen molar-refractivity contribution in [3.8, 4) is 0 Å². The van der Waals surface area contributed by atoms with Gasteiger partial charge in [-0.05, 0) is 43.2 Å². The summed E-state index contributed by atoms with van der Waals surface area (Å²) in [6, 6.07) is 8.56. The summed E-state index contributed by atoms with van der Waals surface area (Å²) in [6.45, 7) is 0.829. The van der Waals surface area contributed by atoms with Crippen LogP contribution in [0.5, 0.6) is 0 Å². The van der Waals surface area contributed by atoms with Gasteiger partial charge in [0.15, 0.2) is 5.96 Å². The Labute approximate surface area is 169 Å². The topological polar surface area (TPSA) is 56.7 Å². The summed E-state index contributed by atoms with van der Waals surface area (Å²) in [5, 5.41) is 7.44. The summed E-state index contributed by atoms with van der Waals surface area (Å²) in [4.78, 5) is 18.2. The van der Waals surface area contributed by atoms with Crippen molar-refractivity contribution < 1.29 is 4.79 Å². The molecule has 0 spiro atoms. The van der Waals surface area contributed by atoms with E-state index in [-0.39, 0.29) is 12.5 Å². The van der Waals surface area contributed by atoms with Crippen LogP contribution >= 0.6 is 27.7 Å². The lowest BCUT2D eigenvalue weighted by atomic mass is 9.95. The van der Waals surface area contributed by atoms with Crippen molar-refractivity contribution in [2.24, 2.45) is 4.99 Å². The van der Waals surface area contributed by atoms with Gasteiger partial charge in [0, 0.05) is 29.9 Å². The number of carbonyl (C=O) groups is 1. The number of likely N-dealkylation sites (N-methyl/N-ethyl adjacent to an activating group) is 1. The van der Waals surface area contributed by atoms with Crippen LogP contribution in [0.1, 0.15) is 31.2 Å². The summed E-state index contributed by atoms with van der Waals surface area (Å²) in [7, 11) is 3.53. The molecule has 2 unspecified atom stereocenters. The normalized spacial score (nSPS) is 20.5. The second-order valence-corrected chi connectivity index (χ2v) is 8.85. The average Bonchev–Trinajstić information content (AvgIpc) is 2.65. The number of benzene rings is 1. The average molecular weight is 441 g/mol. The first-order chi connectivity index (χ1) is 12.5. The second-order valence-electron chi connectivity index (χ2n) is 6.80. The molecule has 0 heterocycles. The van der Waals surface area contributed by atoms with E-state index in [0.717, 1.165) is 28.8 Å². The van der Waals surface area contributed by atoms with Crippen LogP contribution < -0.4 is 10.6 Å². The van der Waals surface area contributed by atoms with E-state index in [0.29, 0.717) is 17.8 Å². The summed E-state index contributed by atoms with van der Waals surface area (Å²) in [5.74, 6) is 0.753. The Morgan fingerprint density at radius 1 is 1.31 bits per heavy atom. The van der Waals surface area contributed by atoms with Gasteiger partial charge in [-0.1, -0.05) is 34.5 Å². The quantitative estimate of drug-likeness (QED) is 0.526. The summed E-state index contributed by atoms with van der Waals surface area (Å²) in [5.41, 5.74) is 1.14. The molecule has 0 bridgehead atoms. The molecule has 1 saturated carbocycles. The van der Waals surface area contributed by atoms with Crippen LogP contribution in [0.4, 0.5) is 0 Å². The van der Waals surface area contributed by atoms with Gasteiger partial charge in [-0.15, -0.1) is 0 Å². The molecule has 0 radical (unpaired) electrons.